The minimum absolute atomic E-state index is 0.144. The van der Waals surface area contributed by atoms with E-state index >= 15 is 0 Å². The van der Waals surface area contributed by atoms with Gasteiger partial charge in [0.1, 0.15) is 17.7 Å². The number of hydrogen-bond acceptors (Lipinski definition) is 4. The Morgan fingerprint density at radius 3 is 2.09 bits per heavy atom. The summed E-state index contributed by atoms with van der Waals surface area (Å²) < 4.78 is 5.43. The van der Waals surface area contributed by atoms with Crippen molar-refractivity contribution >= 4 is 17.9 Å². The van der Waals surface area contributed by atoms with E-state index in [1.165, 1.54) is 0 Å². The summed E-state index contributed by atoms with van der Waals surface area (Å²) in [5, 5.41) is 5.84. The summed E-state index contributed by atoms with van der Waals surface area (Å²) in [5.74, 6) is -0.391. The summed E-state index contributed by atoms with van der Waals surface area (Å²) in [7, 11) is 0. The molecule has 7 heteroatoms. The highest BCUT2D eigenvalue weighted by atomic mass is 16.6. The van der Waals surface area contributed by atoms with Gasteiger partial charge in [-0.3, -0.25) is 9.59 Å². The van der Waals surface area contributed by atoms with E-state index in [-0.39, 0.29) is 17.7 Å². The molecule has 35 heavy (non-hydrogen) atoms. The van der Waals surface area contributed by atoms with E-state index in [1.54, 1.807) is 25.7 Å². The first-order valence-corrected chi connectivity index (χ1v) is 12.6. The van der Waals surface area contributed by atoms with Crippen LogP contribution in [0.4, 0.5) is 4.79 Å². The number of benzene rings is 1. The Bertz CT molecular complexity index is 881. The highest BCUT2D eigenvalue weighted by Crippen LogP contribution is 2.28. The minimum atomic E-state index is -0.822. The van der Waals surface area contributed by atoms with Crippen molar-refractivity contribution in [2.24, 2.45) is 5.92 Å². The molecule has 3 amide bonds. The monoisotopic (exact) mass is 489 g/mol. The molecule has 0 aliphatic heterocycles. The van der Waals surface area contributed by atoms with Gasteiger partial charge in [-0.05, 0) is 85.3 Å². The average molecular weight is 490 g/mol. The van der Waals surface area contributed by atoms with Gasteiger partial charge in [-0.25, -0.2) is 4.79 Å². The molecule has 0 aliphatic carbocycles. The molecule has 0 heterocycles. The van der Waals surface area contributed by atoms with Crippen molar-refractivity contribution in [3.05, 3.63) is 34.9 Å². The highest BCUT2D eigenvalue weighted by molar-refractivity contribution is 5.92. The van der Waals surface area contributed by atoms with Crippen LogP contribution in [0.5, 0.6) is 0 Å². The largest absolute Gasteiger partial charge is 0.444 e. The van der Waals surface area contributed by atoms with Crippen molar-refractivity contribution < 1.29 is 19.1 Å². The lowest BCUT2D eigenvalue weighted by Crippen LogP contribution is -2.55. The zero-order valence-electron chi connectivity index (χ0n) is 23.7. The maximum absolute atomic E-state index is 14.0. The molecular weight excluding hydrogens is 442 g/mol. The molecule has 0 bridgehead atoms. The molecule has 1 rings (SSSR count). The standard InChI is InChI=1S/C28H47N3O4/c1-12-15-31(25(33)22(16-18(2)3)29-26(34)35-28(9,10)11)23(24(32)30-27(6,7)8)21-14-13-19(4)17-20(21)5/h13-14,17-18,22-23H,12,15-16H2,1-11H3,(H,29,34)(H,30,32). The van der Waals surface area contributed by atoms with Crippen LogP contribution in [0.2, 0.25) is 0 Å². The average Bonchev–Trinajstić information content (AvgIpc) is 2.64. The highest BCUT2D eigenvalue weighted by Gasteiger charge is 2.37. The lowest BCUT2D eigenvalue weighted by molar-refractivity contribution is -0.143. The van der Waals surface area contributed by atoms with Crippen molar-refractivity contribution in [1.29, 1.82) is 0 Å². The summed E-state index contributed by atoms with van der Waals surface area (Å²) >= 11 is 0. The molecule has 2 atom stereocenters. The quantitative estimate of drug-likeness (QED) is 0.484. The lowest BCUT2D eigenvalue weighted by atomic mass is 9.94. The summed E-state index contributed by atoms with van der Waals surface area (Å²) in [6.45, 7) is 21.4. The molecule has 0 saturated carbocycles. The van der Waals surface area contributed by atoms with Gasteiger partial charge in [0, 0.05) is 12.1 Å². The number of amides is 3. The fraction of sp³-hybridized carbons (Fsp3) is 0.679. The number of alkyl carbamates (subject to hydrolysis) is 1. The van der Waals surface area contributed by atoms with E-state index < -0.39 is 29.3 Å². The summed E-state index contributed by atoms with van der Waals surface area (Å²) in [5.41, 5.74) is 1.64. The smallest absolute Gasteiger partial charge is 0.408 e. The van der Waals surface area contributed by atoms with Gasteiger partial charge in [0.25, 0.3) is 0 Å². The second-order valence-electron chi connectivity index (χ2n) is 11.9. The summed E-state index contributed by atoms with van der Waals surface area (Å²) in [4.78, 5) is 41.9. The van der Waals surface area contributed by atoms with Crippen LogP contribution >= 0.6 is 0 Å². The molecule has 0 saturated heterocycles. The first-order chi connectivity index (χ1) is 15.9. The Labute approximate surface area is 212 Å². The molecule has 1 aromatic carbocycles. The Kier molecular flexibility index (Phi) is 10.8. The number of aryl methyl sites for hydroxylation is 2. The van der Waals surface area contributed by atoms with Gasteiger partial charge < -0.3 is 20.3 Å². The number of rotatable bonds is 9. The Morgan fingerprint density at radius 2 is 1.63 bits per heavy atom. The van der Waals surface area contributed by atoms with E-state index in [1.807, 2.05) is 73.6 Å². The number of carbonyl (C=O) groups excluding carboxylic acids is 3. The van der Waals surface area contributed by atoms with Crippen LogP contribution < -0.4 is 10.6 Å². The van der Waals surface area contributed by atoms with Gasteiger partial charge in [-0.1, -0.05) is 44.5 Å². The molecule has 1 aromatic rings. The maximum Gasteiger partial charge on any atom is 0.408 e. The van der Waals surface area contributed by atoms with Crippen LogP contribution in [-0.4, -0.2) is 46.5 Å². The summed E-state index contributed by atoms with van der Waals surface area (Å²) in [6.07, 6.45) is 0.449. The predicted molar refractivity (Wildman–Crippen MR) is 141 cm³/mol. The van der Waals surface area contributed by atoms with Crippen molar-refractivity contribution in [1.82, 2.24) is 15.5 Å². The Balaban J connectivity index is 3.52. The van der Waals surface area contributed by atoms with Crippen molar-refractivity contribution in [3.8, 4) is 0 Å². The molecule has 7 nitrogen and oxygen atoms in total. The van der Waals surface area contributed by atoms with Crippen LogP contribution in [0, 0.1) is 19.8 Å². The van der Waals surface area contributed by atoms with Crippen LogP contribution in [0.3, 0.4) is 0 Å². The normalized spacial score (nSPS) is 13.7. The third-order valence-corrected chi connectivity index (χ3v) is 5.22. The topological polar surface area (TPSA) is 87.7 Å². The van der Waals surface area contributed by atoms with Gasteiger partial charge in [0.2, 0.25) is 11.8 Å². The molecular formula is C28H47N3O4. The zero-order valence-corrected chi connectivity index (χ0v) is 23.7. The SMILES string of the molecule is CCCN(C(=O)C(CC(C)C)NC(=O)OC(C)(C)C)C(C(=O)NC(C)(C)C)c1ccc(C)cc1C. The first kappa shape index (κ1) is 30.5. The molecule has 0 aromatic heterocycles. The van der Waals surface area contributed by atoms with Gasteiger partial charge in [-0.15, -0.1) is 0 Å². The van der Waals surface area contributed by atoms with Gasteiger partial charge in [-0.2, -0.15) is 0 Å². The number of nitrogens with one attached hydrogen (secondary N) is 2. The second-order valence-corrected chi connectivity index (χ2v) is 11.9. The third-order valence-electron chi connectivity index (χ3n) is 5.22. The Hall–Kier alpha value is -2.57. The Morgan fingerprint density at radius 1 is 1.03 bits per heavy atom. The number of hydrogen-bond donors (Lipinski definition) is 2. The zero-order chi connectivity index (χ0) is 27.1. The first-order valence-electron chi connectivity index (χ1n) is 12.6. The van der Waals surface area contributed by atoms with Crippen LogP contribution in [0.15, 0.2) is 18.2 Å². The molecule has 198 valence electrons. The van der Waals surface area contributed by atoms with Crippen LogP contribution in [-0.2, 0) is 14.3 Å². The fourth-order valence-corrected chi connectivity index (χ4v) is 3.97. The van der Waals surface area contributed by atoms with Crippen molar-refractivity contribution in [2.75, 3.05) is 6.54 Å². The molecule has 2 N–H and O–H groups in total. The maximum atomic E-state index is 14.0. The minimum Gasteiger partial charge on any atom is -0.444 e. The van der Waals surface area contributed by atoms with Gasteiger partial charge >= 0.3 is 6.09 Å². The molecule has 0 fully saturated rings. The molecule has 0 aliphatic rings. The van der Waals surface area contributed by atoms with Gasteiger partial charge in [0.15, 0.2) is 0 Å². The molecule has 0 radical (unpaired) electrons. The lowest BCUT2D eigenvalue weighted by Gasteiger charge is -2.36. The van der Waals surface area contributed by atoms with Crippen molar-refractivity contribution in [3.63, 3.8) is 0 Å². The van der Waals surface area contributed by atoms with Crippen molar-refractivity contribution in [2.45, 2.75) is 112 Å². The number of nitrogens with zero attached hydrogens (tertiary/aromatic N) is 1. The number of ether oxygens (including phenoxy) is 1. The second kappa shape index (κ2) is 12.4. The van der Waals surface area contributed by atoms with E-state index in [0.717, 1.165) is 16.7 Å². The van der Waals surface area contributed by atoms with Crippen LogP contribution in [0.1, 0.15) is 97.9 Å². The van der Waals surface area contributed by atoms with E-state index in [2.05, 4.69) is 10.6 Å². The summed E-state index contributed by atoms with van der Waals surface area (Å²) in [6, 6.07) is 4.27. The molecule has 2 unspecified atom stereocenters. The third kappa shape index (κ3) is 10.3. The number of carbonyl (C=O) groups is 3. The molecule has 0 spiro atoms. The van der Waals surface area contributed by atoms with E-state index in [4.69, 9.17) is 4.74 Å². The van der Waals surface area contributed by atoms with Crippen LogP contribution in [0.25, 0.3) is 0 Å². The fourth-order valence-electron chi connectivity index (χ4n) is 3.97. The predicted octanol–water partition coefficient (Wildman–Crippen LogP) is 5.44. The van der Waals surface area contributed by atoms with E-state index in [9.17, 15) is 14.4 Å². The van der Waals surface area contributed by atoms with Gasteiger partial charge in [0.05, 0.1) is 0 Å². The van der Waals surface area contributed by atoms with E-state index in [0.29, 0.717) is 19.4 Å².